The molecule has 1 aromatic carbocycles. The second-order valence-corrected chi connectivity index (χ2v) is 8.07. The number of hydrogen-bond acceptors (Lipinski definition) is 7. The van der Waals surface area contributed by atoms with Gasteiger partial charge in [0.15, 0.2) is 0 Å². The van der Waals surface area contributed by atoms with Gasteiger partial charge in [-0.15, -0.1) is 8.78 Å². The largest absolute Gasteiger partial charge is 0.487 e. The highest BCUT2D eigenvalue weighted by molar-refractivity contribution is 7.03. The van der Waals surface area contributed by atoms with Gasteiger partial charge in [-0.25, -0.2) is 9.36 Å². The quantitative estimate of drug-likeness (QED) is 0.539. The summed E-state index contributed by atoms with van der Waals surface area (Å²) in [5.74, 6) is 0.0763. The molecule has 1 aliphatic heterocycles. The van der Waals surface area contributed by atoms with Gasteiger partial charge >= 0.3 is 5.57 Å². The van der Waals surface area contributed by atoms with Crippen LogP contribution < -0.4 is 20.7 Å². The van der Waals surface area contributed by atoms with E-state index in [4.69, 9.17) is 17.3 Å². The van der Waals surface area contributed by atoms with Crippen molar-refractivity contribution < 1.29 is 18.3 Å². The Hall–Kier alpha value is -2.82. The molecule has 162 valence electrons. The van der Waals surface area contributed by atoms with E-state index in [9.17, 15) is 13.6 Å². The molecule has 1 aliphatic rings. The van der Waals surface area contributed by atoms with E-state index in [1.807, 2.05) is 11.6 Å². The van der Waals surface area contributed by atoms with Crippen LogP contribution in [-0.2, 0) is 0 Å². The van der Waals surface area contributed by atoms with E-state index < -0.39 is 11.5 Å². The number of amides is 1. The maximum atomic E-state index is 12.9. The lowest BCUT2D eigenvalue weighted by atomic mass is 9.98. The van der Waals surface area contributed by atoms with Gasteiger partial charge in [0, 0.05) is 48.0 Å². The molecular formula is C20H18ClF2N5O2S. The number of carbonyl (C=O) groups is 1. The first-order chi connectivity index (χ1) is 14.8. The molecule has 1 saturated heterocycles. The Morgan fingerprint density at radius 2 is 2.00 bits per heavy atom. The molecular weight excluding hydrogens is 448 g/mol. The summed E-state index contributed by atoms with van der Waals surface area (Å²) in [5, 5.41) is 5.49. The van der Waals surface area contributed by atoms with E-state index in [-0.39, 0.29) is 17.8 Å². The molecule has 7 nitrogen and oxygen atoms in total. The molecule has 2 unspecified atom stereocenters. The van der Waals surface area contributed by atoms with Gasteiger partial charge < -0.3 is 20.7 Å². The molecule has 1 amide bonds. The van der Waals surface area contributed by atoms with Crippen molar-refractivity contribution in [1.29, 1.82) is 0 Å². The molecule has 0 aliphatic carbocycles. The lowest BCUT2D eigenvalue weighted by Crippen LogP contribution is -2.48. The van der Waals surface area contributed by atoms with Crippen LogP contribution in [-0.4, -0.2) is 33.9 Å². The van der Waals surface area contributed by atoms with Gasteiger partial charge in [-0.3, -0.25) is 4.79 Å². The molecule has 3 aromatic rings. The monoisotopic (exact) mass is 465 g/mol. The van der Waals surface area contributed by atoms with Gasteiger partial charge in [-0.1, -0.05) is 12.1 Å². The van der Waals surface area contributed by atoms with E-state index in [1.54, 1.807) is 24.3 Å². The molecule has 1 fully saturated rings. The SMILES string of the molecule is NC(=O)c1ccc(N2CC(c3cnsc3)NCC2c2ccc(OC(F)(F)Cl)cc2)nc1. The van der Waals surface area contributed by atoms with Crippen LogP contribution in [0.3, 0.4) is 0 Å². The third-order valence-electron chi connectivity index (χ3n) is 4.99. The lowest BCUT2D eigenvalue weighted by molar-refractivity contribution is -0.0964. The Kier molecular flexibility index (Phi) is 6.03. The highest BCUT2D eigenvalue weighted by Gasteiger charge is 2.32. The number of nitrogens with zero attached hydrogens (tertiary/aromatic N) is 3. The number of benzene rings is 1. The summed E-state index contributed by atoms with van der Waals surface area (Å²) in [6.07, 6.45) is 3.26. The number of primary amides is 1. The van der Waals surface area contributed by atoms with Crippen LogP contribution in [0.15, 0.2) is 54.2 Å². The van der Waals surface area contributed by atoms with Crippen LogP contribution in [0, 0.1) is 0 Å². The van der Waals surface area contributed by atoms with Crippen molar-refractivity contribution in [1.82, 2.24) is 14.7 Å². The van der Waals surface area contributed by atoms with E-state index in [1.165, 1.54) is 29.9 Å². The minimum atomic E-state index is -3.77. The number of ether oxygens (including phenoxy) is 1. The Bertz CT molecular complexity index is 1030. The van der Waals surface area contributed by atoms with Crippen molar-refractivity contribution in [3.05, 3.63) is 70.9 Å². The first-order valence-electron chi connectivity index (χ1n) is 9.31. The van der Waals surface area contributed by atoms with E-state index in [2.05, 4.69) is 24.3 Å². The second-order valence-electron chi connectivity index (χ2n) is 6.97. The van der Waals surface area contributed by atoms with Gasteiger partial charge in [0.05, 0.1) is 17.6 Å². The van der Waals surface area contributed by atoms with Crippen molar-refractivity contribution in [2.75, 3.05) is 18.0 Å². The molecule has 4 rings (SSSR count). The number of nitrogens with one attached hydrogen (secondary N) is 1. The van der Waals surface area contributed by atoms with Crippen LogP contribution >= 0.6 is 23.1 Å². The summed E-state index contributed by atoms with van der Waals surface area (Å²) in [5.41, 5.74) is 3.81. The summed E-state index contributed by atoms with van der Waals surface area (Å²) in [6, 6.07) is 9.58. The van der Waals surface area contributed by atoms with E-state index in [0.717, 1.165) is 11.1 Å². The number of alkyl halides is 3. The summed E-state index contributed by atoms with van der Waals surface area (Å²) in [7, 11) is 0. The predicted octanol–water partition coefficient (Wildman–Crippen LogP) is 3.70. The third-order valence-corrected chi connectivity index (χ3v) is 5.67. The van der Waals surface area contributed by atoms with Gasteiger partial charge in [0.25, 0.3) is 0 Å². The van der Waals surface area contributed by atoms with Gasteiger partial charge in [-0.05, 0) is 41.4 Å². The Morgan fingerprint density at radius 1 is 1.23 bits per heavy atom. The first-order valence-corrected chi connectivity index (χ1v) is 10.5. The number of carbonyl (C=O) groups excluding carboxylic acids is 1. The highest BCUT2D eigenvalue weighted by Crippen LogP contribution is 2.34. The zero-order valence-electron chi connectivity index (χ0n) is 16.0. The number of nitrogens with two attached hydrogens (primary N) is 1. The third kappa shape index (κ3) is 5.09. The van der Waals surface area contributed by atoms with Crippen molar-refractivity contribution in [3.63, 3.8) is 0 Å². The number of aromatic nitrogens is 2. The topological polar surface area (TPSA) is 93.4 Å². The molecule has 3 N–H and O–H groups in total. The number of pyridine rings is 1. The highest BCUT2D eigenvalue weighted by atomic mass is 35.5. The maximum absolute atomic E-state index is 12.9. The number of rotatable bonds is 6. The number of hydrogen-bond donors (Lipinski definition) is 2. The zero-order chi connectivity index (χ0) is 22.0. The second kappa shape index (κ2) is 8.74. The fourth-order valence-electron chi connectivity index (χ4n) is 3.51. The van der Waals surface area contributed by atoms with Crippen LogP contribution in [0.4, 0.5) is 14.6 Å². The Labute approximate surface area is 186 Å². The van der Waals surface area contributed by atoms with E-state index in [0.29, 0.717) is 24.5 Å². The number of anilines is 1. The zero-order valence-corrected chi connectivity index (χ0v) is 17.6. The molecule has 3 heterocycles. The maximum Gasteiger partial charge on any atom is 0.487 e. The van der Waals surface area contributed by atoms with Crippen LogP contribution in [0.5, 0.6) is 5.75 Å². The molecule has 31 heavy (non-hydrogen) atoms. The van der Waals surface area contributed by atoms with Crippen molar-refractivity contribution in [2.45, 2.75) is 17.7 Å². The average molecular weight is 466 g/mol. The summed E-state index contributed by atoms with van der Waals surface area (Å²) >= 11 is 6.22. The molecule has 2 atom stereocenters. The molecule has 2 aromatic heterocycles. The average Bonchev–Trinajstić information content (AvgIpc) is 3.28. The Balaban J connectivity index is 1.62. The van der Waals surface area contributed by atoms with E-state index >= 15 is 0 Å². The van der Waals surface area contributed by atoms with Gasteiger partial charge in [0.1, 0.15) is 11.6 Å². The normalized spacial score (nSPS) is 19.3. The van der Waals surface area contributed by atoms with Gasteiger partial charge in [-0.2, -0.15) is 0 Å². The van der Waals surface area contributed by atoms with Crippen LogP contribution in [0.2, 0.25) is 0 Å². The molecule has 0 spiro atoms. The van der Waals surface area contributed by atoms with Crippen molar-refractivity contribution >= 4 is 34.9 Å². The smallest absolute Gasteiger partial charge is 0.420 e. The fourth-order valence-corrected chi connectivity index (χ4v) is 4.18. The van der Waals surface area contributed by atoms with Crippen molar-refractivity contribution in [2.24, 2.45) is 5.73 Å². The predicted molar refractivity (Wildman–Crippen MR) is 114 cm³/mol. The molecule has 0 bridgehead atoms. The Morgan fingerprint density at radius 3 is 2.58 bits per heavy atom. The first kappa shape index (κ1) is 21.4. The molecule has 11 heteroatoms. The minimum absolute atomic E-state index is 0.0326. The van der Waals surface area contributed by atoms with Crippen LogP contribution in [0.25, 0.3) is 0 Å². The summed E-state index contributed by atoms with van der Waals surface area (Å²) in [6.45, 7) is 1.16. The number of halogens is 3. The molecule has 0 saturated carbocycles. The molecule has 0 radical (unpaired) electrons. The lowest BCUT2D eigenvalue weighted by Gasteiger charge is -2.41. The summed E-state index contributed by atoms with van der Waals surface area (Å²) < 4.78 is 34.4. The van der Waals surface area contributed by atoms with Crippen molar-refractivity contribution in [3.8, 4) is 5.75 Å². The standard InChI is InChI=1S/C20H18ClF2N5O2S/c21-20(22,23)30-15-4-1-12(2-5-15)17-9-25-16(14-8-27-31-11-14)10-28(17)18-6-3-13(7-26-18)19(24)29/h1-8,11,16-17,25H,9-10H2,(H2,24,29). The van der Waals surface area contributed by atoms with Gasteiger partial charge in [0.2, 0.25) is 5.91 Å². The minimum Gasteiger partial charge on any atom is -0.420 e. The fraction of sp³-hybridized carbons (Fsp3) is 0.250. The number of piperazine rings is 1. The summed E-state index contributed by atoms with van der Waals surface area (Å²) in [4.78, 5) is 17.9. The van der Waals surface area contributed by atoms with Crippen LogP contribution in [0.1, 0.15) is 33.6 Å².